The Kier molecular flexibility index (Phi) is 2.63. The highest BCUT2D eigenvalue weighted by atomic mass is 19.1. The van der Waals surface area contributed by atoms with Gasteiger partial charge in [0.1, 0.15) is 5.82 Å². The third-order valence-electron chi connectivity index (χ3n) is 2.56. The van der Waals surface area contributed by atoms with Crippen molar-refractivity contribution >= 4 is 5.69 Å². The Morgan fingerprint density at radius 2 is 1.93 bits per heavy atom. The van der Waals surface area contributed by atoms with Crippen molar-refractivity contribution in [1.29, 1.82) is 0 Å². The van der Waals surface area contributed by atoms with Crippen molar-refractivity contribution in [3.63, 3.8) is 0 Å². The van der Waals surface area contributed by atoms with Gasteiger partial charge in [-0.15, -0.1) is 0 Å². The second kappa shape index (κ2) is 3.92. The van der Waals surface area contributed by atoms with Gasteiger partial charge in [-0.3, -0.25) is 4.98 Å². The van der Waals surface area contributed by atoms with Gasteiger partial charge in [0.15, 0.2) is 0 Å². The van der Waals surface area contributed by atoms with Crippen LogP contribution in [0.5, 0.6) is 0 Å². The molecule has 0 spiro atoms. The zero-order valence-corrected chi connectivity index (χ0v) is 8.28. The smallest absolute Gasteiger partial charge is 0.143 e. The van der Waals surface area contributed by atoms with Crippen LogP contribution < -0.4 is 4.90 Å². The summed E-state index contributed by atoms with van der Waals surface area (Å²) in [6.07, 6.45) is 2.95. The van der Waals surface area contributed by atoms with E-state index in [4.69, 9.17) is 0 Å². The molecular formula is C10H14FN3. The summed E-state index contributed by atoms with van der Waals surface area (Å²) in [5.41, 5.74) is 0.887. The molecule has 0 unspecified atom stereocenters. The molecule has 0 aromatic carbocycles. The minimum atomic E-state index is -0.263. The maximum atomic E-state index is 12.9. The van der Waals surface area contributed by atoms with E-state index < -0.39 is 0 Å². The Morgan fingerprint density at radius 3 is 2.57 bits per heavy atom. The van der Waals surface area contributed by atoms with E-state index in [0.717, 1.165) is 31.9 Å². The summed E-state index contributed by atoms with van der Waals surface area (Å²) < 4.78 is 12.9. The van der Waals surface area contributed by atoms with E-state index in [-0.39, 0.29) is 5.82 Å². The van der Waals surface area contributed by atoms with Crippen molar-refractivity contribution in [2.24, 2.45) is 0 Å². The van der Waals surface area contributed by atoms with Crippen LogP contribution in [0.2, 0.25) is 0 Å². The van der Waals surface area contributed by atoms with Gasteiger partial charge < -0.3 is 9.80 Å². The molecule has 76 valence electrons. The highest BCUT2D eigenvalue weighted by Crippen LogP contribution is 2.15. The molecule has 0 aliphatic carbocycles. The number of hydrogen-bond donors (Lipinski definition) is 0. The average molecular weight is 195 g/mol. The van der Waals surface area contributed by atoms with Crippen LogP contribution >= 0.6 is 0 Å². The van der Waals surface area contributed by atoms with Crippen LogP contribution in [0, 0.1) is 5.82 Å². The normalized spacial score (nSPS) is 18.6. The van der Waals surface area contributed by atoms with Gasteiger partial charge in [-0.05, 0) is 7.05 Å². The molecule has 0 atom stereocenters. The summed E-state index contributed by atoms with van der Waals surface area (Å²) in [7, 11) is 2.10. The van der Waals surface area contributed by atoms with Crippen LogP contribution in [-0.2, 0) is 0 Å². The Labute approximate surface area is 83.2 Å². The lowest BCUT2D eigenvalue weighted by molar-refractivity contribution is 0.312. The average Bonchev–Trinajstić information content (AvgIpc) is 2.19. The fraction of sp³-hybridized carbons (Fsp3) is 0.500. The van der Waals surface area contributed by atoms with Gasteiger partial charge in [0, 0.05) is 32.2 Å². The molecule has 1 aromatic heterocycles. The van der Waals surface area contributed by atoms with Gasteiger partial charge in [-0.1, -0.05) is 0 Å². The van der Waals surface area contributed by atoms with Crippen LogP contribution in [0.15, 0.2) is 18.5 Å². The molecule has 1 aromatic rings. The number of likely N-dealkylation sites (N-methyl/N-ethyl adjacent to an activating group) is 1. The lowest BCUT2D eigenvalue weighted by Gasteiger charge is -2.33. The fourth-order valence-electron chi connectivity index (χ4n) is 1.64. The molecule has 2 rings (SSSR count). The summed E-state index contributed by atoms with van der Waals surface area (Å²) in [5, 5.41) is 0. The monoisotopic (exact) mass is 195 g/mol. The number of aromatic nitrogens is 1. The fourth-order valence-corrected chi connectivity index (χ4v) is 1.64. The number of anilines is 1. The Hall–Kier alpha value is -1.16. The number of halogens is 1. The minimum Gasteiger partial charge on any atom is -0.368 e. The zero-order valence-electron chi connectivity index (χ0n) is 8.28. The predicted octanol–water partition coefficient (Wildman–Crippen LogP) is 0.973. The Morgan fingerprint density at radius 1 is 1.21 bits per heavy atom. The molecule has 0 bridgehead atoms. The van der Waals surface area contributed by atoms with Gasteiger partial charge in [0.05, 0.1) is 18.1 Å². The Bertz CT molecular complexity index is 308. The molecule has 0 radical (unpaired) electrons. The standard InChI is InChI=1S/C10H14FN3/c1-13-2-4-14(5-3-13)10-6-9(11)7-12-8-10/h6-8H,2-5H2,1H3. The topological polar surface area (TPSA) is 19.4 Å². The molecule has 14 heavy (non-hydrogen) atoms. The molecular weight excluding hydrogens is 181 g/mol. The van der Waals surface area contributed by atoms with E-state index >= 15 is 0 Å². The lowest BCUT2D eigenvalue weighted by Crippen LogP contribution is -2.44. The lowest BCUT2D eigenvalue weighted by atomic mass is 10.3. The molecule has 1 fully saturated rings. The molecule has 2 heterocycles. The second-order valence-electron chi connectivity index (χ2n) is 3.65. The summed E-state index contributed by atoms with van der Waals surface area (Å²) in [6.45, 7) is 3.94. The van der Waals surface area contributed by atoms with Crippen molar-refractivity contribution in [3.8, 4) is 0 Å². The number of piperazine rings is 1. The Balaban J connectivity index is 2.08. The molecule has 0 N–H and O–H groups in total. The largest absolute Gasteiger partial charge is 0.368 e. The van der Waals surface area contributed by atoms with Gasteiger partial charge in [0.25, 0.3) is 0 Å². The molecule has 4 heteroatoms. The van der Waals surface area contributed by atoms with E-state index in [0.29, 0.717) is 0 Å². The third kappa shape index (κ3) is 2.01. The summed E-state index contributed by atoms with van der Waals surface area (Å²) in [4.78, 5) is 8.28. The van der Waals surface area contributed by atoms with Crippen LogP contribution in [0.4, 0.5) is 10.1 Å². The van der Waals surface area contributed by atoms with Crippen LogP contribution in [0.3, 0.4) is 0 Å². The third-order valence-corrected chi connectivity index (χ3v) is 2.56. The molecule has 1 aliphatic heterocycles. The van der Waals surface area contributed by atoms with Crippen LogP contribution in [-0.4, -0.2) is 43.1 Å². The molecule has 3 nitrogen and oxygen atoms in total. The van der Waals surface area contributed by atoms with Crippen molar-refractivity contribution < 1.29 is 4.39 Å². The van der Waals surface area contributed by atoms with E-state index in [2.05, 4.69) is 21.8 Å². The molecule has 1 saturated heterocycles. The zero-order chi connectivity index (χ0) is 9.97. The maximum Gasteiger partial charge on any atom is 0.143 e. The summed E-state index contributed by atoms with van der Waals surface area (Å²) >= 11 is 0. The first-order valence-electron chi connectivity index (χ1n) is 4.80. The maximum absolute atomic E-state index is 12.9. The summed E-state index contributed by atoms with van der Waals surface area (Å²) in [6, 6.07) is 1.54. The number of rotatable bonds is 1. The van der Waals surface area contributed by atoms with Crippen molar-refractivity contribution in [2.75, 3.05) is 38.1 Å². The molecule has 0 saturated carbocycles. The van der Waals surface area contributed by atoms with E-state index in [1.54, 1.807) is 12.3 Å². The van der Waals surface area contributed by atoms with Gasteiger partial charge in [-0.2, -0.15) is 0 Å². The first-order valence-corrected chi connectivity index (χ1v) is 4.80. The predicted molar refractivity (Wildman–Crippen MR) is 53.9 cm³/mol. The number of hydrogen-bond acceptors (Lipinski definition) is 3. The van der Waals surface area contributed by atoms with Gasteiger partial charge in [-0.25, -0.2) is 4.39 Å². The first kappa shape index (κ1) is 9.40. The van der Waals surface area contributed by atoms with Gasteiger partial charge in [0.2, 0.25) is 0 Å². The van der Waals surface area contributed by atoms with E-state index in [1.807, 2.05) is 0 Å². The van der Waals surface area contributed by atoms with E-state index in [9.17, 15) is 4.39 Å². The van der Waals surface area contributed by atoms with Crippen molar-refractivity contribution in [1.82, 2.24) is 9.88 Å². The van der Waals surface area contributed by atoms with Crippen LogP contribution in [0.25, 0.3) is 0 Å². The minimum absolute atomic E-state index is 0.263. The number of pyridine rings is 1. The number of nitrogens with zero attached hydrogens (tertiary/aromatic N) is 3. The van der Waals surface area contributed by atoms with Crippen molar-refractivity contribution in [3.05, 3.63) is 24.3 Å². The summed E-state index contributed by atoms with van der Waals surface area (Å²) in [5.74, 6) is -0.263. The van der Waals surface area contributed by atoms with Crippen LogP contribution in [0.1, 0.15) is 0 Å². The highest BCUT2D eigenvalue weighted by molar-refractivity contribution is 5.44. The van der Waals surface area contributed by atoms with Gasteiger partial charge >= 0.3 is 0 Å². The molecule has 1 aliphatic rings. The van der Waals surface area contributed by atoms with Crippen molar-refractivity contribution in [2.45, 2.75) is 0 Å². The van der Waals surface area contributed by atoms with E-state index in [1.165, 1.54) is 6.20 Å². The molecule has 0 amide bonds. The quantitative estimate of drug-likeness (QED) is 0.665. The highest BCUT2D eigenvalue weighted by Gasteiger charge is 2.14. The first-order chi connectivity index (χ1) is 6.75. The second-order valence-corrected chi connectivity index (χ2v) is 3.65. The SMILES string of the molecule is CN1CCN(c2cncc(F)c2)CC1.